The lowest BCUT2D eigenvalue weighted by atomic mass is 10.0. The van der Waals surface area contributed by atoms with Crippen LogP contribution in [0.2, 0.25) is 0 Å². The van der Waals surface area contributed by atoms with Crippen molar-refractivity contribution in [2.24, 2.45) is 5.92 Å². The third kappa shape index (κ3) is 3.99. The standard InChI is InChI=1S/C13H19N3O4S/c1-10(11-4-6-14-7-5-11)15-21(19,20)16-8-2-3-12(9-16)13(17)18/h4-7,10,12,15H,2-3,8-9H2,1H3,(H,17,18)/t10-,12?/m1/s1. The molecule has 116 valence electrons. The Labute approximate surface area is 124 Å². The summed E-state index contributed by atoms with van der Waals surface area (Å²) in [5, 5.41) is 9.03. The number of rotatable bonds is 5. The third-order valence-corrected chi connectivity index (χ3v) is 5.27. The number of aliphatic carboxylic acids is 1. The molecule has 8 heteroatoms. The third-order valence-electron chi connectivity index (χ3n) is 3.61. The molecule has 1 saturated heterocycles. The average Bonchev–Trinajstić information content (AvgIpc) is 2.48. The van der Waals surface area contributed by atoms with Crippen LogP contribution in [0.4, 0.5) is 0 Å². The Morgan fingerprint density at radius 2 is 2.14 bits per heavy atom. The fourth-order valence-electron chi connectivity index (χ4n) is 2.38. The Morgan fingerprint density at radius 3 is 2.76 bits per heavy atom. The molecule has 0 amide bonds. The molecule has 1 fully saturated rings. The molecule has 0 aliphatic carbocycles. The van der Waals surface area contributed by atoms with Gasteiger partial charge in [-0.1, -0.05) is 0 Å². The maximum atomic E-state index is 12.3. The number of nitrogens with zero attached hydrogens (tertiary/aromatic N) is 2. The molecular formula is C13H19N3O4S. The van der Waals surface area contributed by atoms with Crippen LogP contribution in [0.3, 0.4) is 0 Å². The van der Waals surface area contributed by atoms with Gasteiger partial charge < -0.3 is 5.11 Å². The number of pyridine rings is 1. The van der Waals surface area contributed by atoms with Gasteiger partial charge in [0, 0.05) is 31.5 Å². The predicted molar refractivity (Wildman–Crippen MR) is 76.6 cm³/mol. The molecule has 2 heterocycles. The van der Waals surface area contributed by atoms with Crippen LogP contribution >= 0.6 is 0 Å². The van der Waals surface area contributed by atoms with Gasteiger partial charge in [-0.3, -0.25) is 9.78 Å². The SMILES string of the molecule is C[C@@H](NS(=O)(=O)N1CCCC(C(=O)O)C1)c1ccncc1. The number of carboxylic acid groups (broad SMARTS) is 1. The van der Waals surface area contributed by atoms with E-state index >= 15 is 0 Å². The monoisotopic (exact) mass is 313 g/mol. The molecule has 21 heavy (non-hydrogen) atoms. The summed E-state index contributed by atoms with van der Waals surface area (Å²) < 4.78 is 28.5. The van der Waals surface area contributed by atoms with Crippen LogP contribution in [0, 0.1) is 5.92 Å². The molecule has 2 atom stereocenters. The van der Waals surface area contributed by atoms with Crippen molar-refractivity contribution in [1.82, 2.24) is 14.0 Å². The van der Waals surface area contributed by atoms with E-state index in [-0.39, 0.29) is 6.54 Å². The summed E-state index contributed by atoms with van der Waals surface area (Å²) >= 11 is 0. The van der Waals surface area contributed by atoms with Crippen LogP contribution in [-0.4, -0.2) is 41.9 Å². The molecular weight excluding hydrogens is 294 g/mol. The lowest BCUT2D eigenvalue weighted by Gasteiger charge is -2.30. The first-order valence-corrected chi connectivity index (χ1v) is 8.24. The molecule has 1 aromatic heterocycles. The Morgan fingerprint density at radius 1 is 1.48 bits per heavy atom. The van der Waals surface area contributed by atoms with Gasteiger partial charge in [0.15, 0.2) is 0 Å². The van der Waals surface area contributed by atoms with Crippen LogP contribution in [0.25, 0.3) is 0 Å². The van der Waals surface area contributed by atoms with E-state index in [2.05, 4.69) is 9.71 Å². The fraction of sp³-hybridized carbons (Fsp3) is 0.538. The summed E-state index contributed by atoms with van der Waals surface area (Å²) in [4.78, 5) is 14.9. The molecule has 0 spiro atoms. The number of hydrogen-bond donors (Lipinski definition) is 2. The molecule has 7 nitrogen and oxygen atoms in total. The Hall–Kier alpha value is -1.51. The van der Waals surface area contributed by atoms with Gasteiger partial charge >= 0.3 is 5.97 Å². The molecule has 2 rings (SSSR count). The molecule has 0 radical (unpaired) electrons. The Bertz CT molecular complexity index is 591. The van der Waals surface area contributed by atoms with E-state index in [1.165, 1.54) is 4.31 Å². The van der Waals surface area contributed by atoms with E-state index < -0.39 is 28.1 Å². The van der Waals surface area contributed by atoms with Crippen molar-refractivity contribution in [3.05, 3.63) is 30.1 Å². The van der Waals surface area contributed by atoms with Gasteiger partial charge in [-0.15, -0.1) is 0 Å². The van der Waals surface area contributed by atoms with Gasteiger partial charge in [0.05, 0.1) is 5.92 Å². The van der Waals surface area contributed by atoms with Crippen molar-refractivity contribution in [1.29, 1.82) is 0 Å². The van der Waals surface area contributed by atoms with Crippen molar-refractivity contribution >= 4 is 16.2 Å². The molecule has 0 bridgehead atoms. The number of carboxylic acids is 1. The van der Waals surface area contributed by atoms with Crippen molar-refractivity contribution < 1.29 is 18.3 Å². The zero-order valence-corrected chi connectivity index (χ0v) is 12.6. The summed E-state index contributed by atoms with van der Waals surface area (Å²) in [6, 6.07) is 3.08. The molecule has 1 aliphatic rings. The van der Waals surface area contributed by atoms with Gasteiger partial charge in [-0.2, -0.15) is 17.4 Å². The zero-order chi connectivity index (χ0) is 15.5. The minimum absolute atomic E-state index is 0.0216. The highest BCUT2D eigenvalue weighted by atomic mass is 32.2. The largest absolute Gasteiger partial charge is 0.481 e. The predicted octanol–water partition coefficient (Wildman–Crippen LogP) is 0.774. The Kier molecular flexibility index (Phi) is 4.92. The van der Waals surface area contributed by atoms with Gasteiger partial charge in [-0.05, 0) is 37.5 Å². The summed E-state index contributed by atoms with van der Waals surface area (Å²) in [6.07, 6.45) is 4.27. The van der Waals surface area contributed by atoms with Crippen molar-refractivity contribution in [2.45, 2.75) is 25.8 Å². The molecule has 0 saturated carbocycles. The minimum atomic E-state index is -3.70. The first-order valence-electron chi connectivity index (χ1n) is 6.80. The summed E-state index contributed by atoms with van der Waals surface area (Å²) in [5.41, 5.74) is 0.806. The van der Waals surface area contributed by atoms with Gasteiger partial charge in [0.25, 0.3) is 10.2 Å². The zero-order valence-electron chi connectivity index (χ0n) is 11.8. The lowest BCUT2D eigenvalue weighted by molar-refractivity contribution is -0.142. The van der Waals surface area contributed by atoms with E-state index in [1.54, 1.807) is 31.5 Å². The summed E-state index contributed by atoms with van der Waals surface area (Å²) in [7, 11) is -3.70. The van der Waals surface area contributed by atoms with Crippen LogP contribution < -0.4 is 4.72 Å². The molecule has 1 unspecified atom stereocenters. The normalized spacial score (nSPS) is 21.9. The van der Waals surface area contributed by atoms with Crippen LogP contribution in [0.5, 0.6) is 0 Å². The van der Waals surface area contributed by atoms with Crippen molar-refractivity contribution in [3.63, 3.8) is 0 Å². The van der Waals surface area contributed by atoms with Gasteiger partial charge in [0.2, 0.25) is 0 Å². The first-order chi connectivity index (χ1) is 9.90. The van der Waals surface area contributed by atoms with Crippen LogP contribution in [0.15, 0.2) is 24.5 Å². The second-order valence-corrected chi connectivity index (χ2v) is 6.86. The van der Waals surface area contributed by atoms with E-state index in [0.29, 0.717) is 19.4 Å². The summed E-state index contributed by atoms with van der Waals surface area (Å²) in [6.45, 7) is 2.11. The fourth-order valence-corrected chi connectivity index (χ4v) is 3.86. The molecule has 2 N–H and O–H groups in total. The Balaban J connectivity index is 2.06. The second kappa shape index (κ2) is 6.50. The number of nitrogens with one attached hydrogen (secondary N) is 1. The van der Waals surface area contributed by atoms with E-state index in [0.717, 1.165) is 5.56 Å². The lowest BCUT2D eigenvalue weighted by Crippen LogP contribution is -2.47. The van der Waals surface area contributed by atoms with Crippen LogP contribution in [-0.2, 0) is 15.0 Å². The second-order valence-electron chi connectivity index (χ2n) is 5.16. The first kappa shape index (κ1) is 15.9. The van der Waals surface area contributed by atoms with E-state index in [1.807, 2.05) is 0 Å². The maximum absolute atomic E-state index is 12.3. The highest BCUT2D eigenvalue weighted by molar-refractivity contribution is 7.87. The number of carbonyl (C=O) groups is 1. The van der Waals surface area contributed by atoms with Gasteiger partial charge in [0.1, 0.15) is 0 Å². The van der Waals surface area contributed by atoms with E-state index in [4.69, 9.17) is 5.11 Å². The topological polar surface area (TPSA) is 99.6 Å². The van der Waals surface area contributed by atoms with Gasteiger partial charge in [-0.25, -0.2) is 0 Å². The average molecular weight is 313 g/mol. The number of piperidine rings is 1. The number of hydrogen-bond acceptors (Lipinski definition) is 4. The van der Waals surface area contributed by atoms with E-state index in [9.17, 15) is 13.2 Å². The highest BCUT2D eigenvalue weighted by Gasteiger charge is 2.32. The molecule has 0 aromatic carbocycles. The summed E-state index contributed by atoms with van der Waals surface area (Å²) in [5.74, 6) is -1.58. The van der Waals surface area contributed by atoms with Crippen molar-refractivity contribution in [2.75, 3.05) is 13.1 Å². The molecule has 1 aliphatic heterocycles. The number of aromatic nitrogens is 1. The highest BCUT2D eigenvalue weighted by Crippen LogP contribution is 2.20. The minimum Gasteiger partial charge on any atom is -0.481 e. The quantitative estimate of drug-likeness (QED) is 0.836. The molecule has 1 aromatic rings. The van der Waals surface area contributed by atoms with Crippen LogP contribution in [0.1, 0.15) is 31.4 Å². The smallest absolute Gasteiger partial charge is 0.307 e. The maximum Gasteiger partial charge on any atom is 0.307 e. The van der Waals surface area contributed by atoms with Crippen molar-refractivity contribution in [3.8, 4) is 0 Å².